The topological polar surface area (TPSA) is 56.1 Å². The lowest BCUT2D eigenvalue weighted by Gasteiger charge is -2.32. The molecule has 1 aliphatic carbocycles. The molecule has 3 rings (SSSR count). The van der Waals surface area contributed by atoms with Gasteiger partial charge in [-0.15, -0.1) is 11.3 Å². The van der Waals surface area contributed by atoms with E-state index in [0.29, 0.717) is 17.1 Å². The van der Waals surface area contributed by atoms with E-state index in [2.05, 4.69) is 40.6 Å². The summed E-state index contributed by atoms with van der Waals surface area (Å²) in [6.45, 7) is 0.321. The van der Waals surface area contributed by atoms with Gasteiger partial charge < -0.3 is 5.32 Å². The van der Waals surface area contributed by atoms with Gasteiger partial charge in [0.1, 0.15) is 11.1 Å². The normalized spacial score (nSPS) is 16.7. The monoisotopic (exact) mass is 325 g/mol. The molecule has 1 aromatic heterocycles. The fourth-order valence-corrected chi connectivity index (χ4v) is 3.94. The molecule has 5 heteroatoms. The zero-order valence-electron chi connectivity index (χ0n) is 13.1. The van der Waals surface area contributed by atoms with Crippen LogP contribution < -0.4 is 5.32 Å². The summed E-state index contributed by atoms with van der Waals surface area (Å²) in [7, 11) is 1.99. The Bertz CT molecular complexity index is 747. The predicted octanol–water partition coefficient (Wildman–Crippen LogP) is 3.57. The van der Waals surface area contributed by atoms with Crippen molar-refractivity contribution in [3.05, 3.63) is 52.4 Å². The number of likely N-dealkylation sites (N-methyl/N-ethyl adjacent to an activating group) is 1. The largest absolute Gasteiger partial charge is 0.315 e. The molecule has 118 valence electrons. The van der Waals surface area contributed by atoms with E-state index < -0.39 is 0 Å². The highest BCUT2D eigenvalue weighted by Gasteiger charge is 2.24. The van der Waals surface area contributed by atoms with Crippen LogP contribution >= 0.6 is 11.3 Å². The average Bonchev–Trinajstić information content (AvgIpc) is 3.01. The predicted molar refractivity (Wildman–Crippen MR) is 92.4 cm³/mol. The molecule has 1 atom stereocenters. The SMILES string of the molecule is CN(CC(=O)Nc1sccc1C#N)C1CCCc2ccccc21. The Morgan fingerprint density at radius 1 is 1.43 bits per heavy atom. The number of fused-ring (bicyclic) bond motifs is 1. The van der Waals surface area contributed by atoms with Gasteiger partial charge in [0.25, 0.3) is 0 Å². The third kappa shape index (κ3) is 3.44. The maximum absolute atomic E-state index is 12.3. The first kappa shape index (κ1) is 15.7. The summed E-state index contributed by atoms with van der Waals surface area (Å²) in [5, 5.41) is 14.3. The summed E-state index contributed by atoms with van der Waals surface area (Å²) >= 11 is 1.38. The number of benzene rings is 1. The van der Waals surface area contributed by atoms with Crippen molar-refractivity contribution in [3.63, 3.8) is 0 Å². The summed E-state index contributed by atoms with van der Waals surface area (Å²) < 4.78 is 0. The van der Waals surface area contributed by atoms with E-state index in [4.69, 9.17) is 5.26 Å². The Morgan fingerprint density at radius 3 is 3.09 bits per heavy atom. The quantitative estimate of drug-likeness (QED) is 0.935. The highest BCUT2D eigenvalue weighted by molar-refractivity contribution is 7.14. The molecular formula is C18H19N3OS. The molecule has 0 fully saturated rings. The van der Waals surface area contributed by atoms with E-state index in [0.717, 1.165) is 19.3 Å². The maximum atomic E-state index is 12.3. The van der Waals surface area contributed by atoms with Gasteiger partial charge in [-0.25, -0.2) is 0 Å². The minimum absolute atomic E-state index is 0.0745. The first-order chi connectivity index (χ1) is 11.2. The number of hydrogen-bond acceptors (Lipinski definition) is 4. The van der Waals surface area contributed by atoms with E-state index in [-0.39, 0.29) is 11.9 Å². The molecule has 1 unspecified atom stereocenters. The minimum atomic E-state index is -0.0745. The molecule has 1 aliphatic rings. The number of anilines is 1. The zero-order chi connectivity index (χ0) is 16.2. The molecule has 0 aliphatic heterocycles. The van der Waals surface area contributed by atoms with Crippen molar-refractivity contribution < 1.29 is 4.79 Å². The van der Waals surface area contributed by atoms with Crippen molar-refractivity contribution in [1.29, 1.82) is 5.26 Å². The summed E-state index contributed by atoms with van der Waals surface area (Å²) in [6, 6.07) is 12.6. The molecule has 1 amide bonds. The van der Waals surface area contributed by atoms with Crippen molar-refractivity contribution in [1.82, 2.24) is 4.90 Å². The number of rotatable bonds is 4. The minimum Gasteiger partial charge on any atom is -0.315 e. The molecular weight excluding hydrogens is 306 g/mol. The maximum Gasteiger partial charge on any atom is 0.239 e. The fraction of sp³-hybridized carbons (Fsp3) is 0.333. The van der Waals surface area contributed by atoms with Crippen LogP contribution in [-0.4, -0.2) is 24.4 Å². The fourth-order valence-electron chi connectivity index (χ4n) is 3.18. The van der Waals surface area contributed by atoms with E-state index in [9.17, 15) is 4.79 Å². The number of aryl methyl sites for hydroxylation is 1. The number of nitrogens with zero attached hydrogens (tertiary/aromatic N) is 2. The number of nitriles is 1. The van der Waals surface area contributed by atoms with E-state index in [1.54, 1.807) is 6.07 Å². The highest BCUT2D eigenvalue weighted by Crippen LogP contribution is 2.33. The van der Waals surface area contributed by atoms with Gasteiger partial charge in [-0.05, 0) is 48.9 Å². The van der Waals surface area contributed by atoms with Crippen molar-refractivity contribution in [2.45, 2.75) is 25.3 Å². The van der Waals surface area contributed by atoms with E-state index in [1.807, 2.05) is 12.4 Å². The van der Waals surface area contributed by atoms with Gasteiger partial charge in [-0.3, -0.25) is 9.69 Å². The van der Waals surface area contributed by atoms with Gasteiger partial charge in [0.15, 0.2) is 0 Å². The van der Waals surface area contributed by atoms with Crippen LogP contribution in [0.25, 0.3) is 0 Å². The third-order valence-corrected chi connectivity index (χ3v) is 5.13. The first-order valence-corrected chi connectivity index (χ1v) is 8.62. The molecule has 1 aromatic carbocycles. The van der Waals surface area contributed by atoms with Crippen LogP contribution in [-0.2, 0) is 11.2 Å². The van der Waals surface area contributed by atoms with Crippen LogP contribution in [0.1, 0.15) is 35.6 Å². The van der Waals surface area contributed by atoms with Crippen molar-refractivity contribution in [3.8, 4) is 6.07 Å². The Kier molecular flexibility index (Phi) is 4.75. The molecule has 0 saturated carbocycles. The Labute approximate surface area is 140 Å². The van der Waals surface area contributed by atoms with Crippen LogP contribution in [0.4, 0.5) is 5.00 Å². The molecule has 1 N–H and O–H groups in total. The Morgan fingerprint density at radius 2 is 2.26 bits per heavy atom. The molecule has 0 bridgehead atoms. The number of hydrogen-bond donors (Lipinski definition) is 1. The molecule has 0 radical (unpaired) electrons. The zero-order valence-corrected chi connectivity index (χ0v) is 13.9. The van der Waals surface area contributed by atoms with Gasteiger partial charge >= 0.3 is 0 Å². The lowest BCUT2D eigenvalue weighted by atomic mass is 9.87. The number of carbonyl (C=O) groups is 1. The summed E-state index contributed by atoms with van der Waals surface area (Å²) in [5.74, 6) is -0.0745. The second-order valence-corrected chi connectivity index (χ2v) is 6.76. The summed E-state index contributed by atoms with van der Waals surface area (Å²) in [6.07, 6.45) is 3.34. The van der Waals surface area contributed by atoms with Crippen LogP contribution in [0, 0.1) is 11.3 Å². The van der Waals surface area contributed by atoms with Crippen LogP contribution in [0.3, 0.4) is 0 Å². The molecule has 0 spiro atoms. The van der Waals surface area contributed by atoms with Crippen LogP contribution in [0.5, 0.6) is 0 Å². The van der Waals surface area contributed by atoms with Crippen molar-refractivity contribution in [2.75, 3.05) is 18.9 Å². The van der Waals surface area contributed by atoms with Crippen molar-refractivity contribution >= 4 is 22.2 Å². The Balaban J connectivity index is 1.67. The van der Waals surface area contributed by atoms with Gasteiger partial charge in [0, 0.05) is 6.04 Å². The highest BCUT2D eigenvalue weighted by atomic mass is 32.1. The Hall–Kier alpha value is -2.16. The summed E-state index contributed by atoms with van der Waals surface area (Å²) in [4.78, 5) is 14.4. The molecule has 23 heavy (non-hydrogen) atoms. The smallest absolute Gasteiger partial charge is 0.239 e. The van der Waals surface area contributed by atoms with Gasteiger partial charge in [0.2, 0.25) is 5.91 Å². The molecule has 4 nitrogen and oxygen atoms in total. The van der Waals surface area contributed by atoms with Gasteiger partial charge in [0.05, 0.1) is 12.1 Å². The molecule has 1 heterocycles. The third-order valence-electron chi connectivity index (χ3n) is 4.30. The molecule has 0 saturated heterocycles. The second kappa shape index (κ2) is 6.95. The average molecular weight is 325 g/mol. The lowest BCUT2D eigenvalue weighted by molar-refractivity contribution is -0.117. The van der Waals surface area contributed by atoms with Gasteiger partial charge in [-0.1, -0.05) is 24.3 Å². The number of amides is 1. The molecule has 2 aromatic rings. The number of thiophene rings is 1. The summed E-state index contributed by atoms with van der Waals surface area (Å²) in [5.41, 5.74) is 3.25. The first-order valence-electron chi connectivity index (χ1n) is 7.74. The second-order valence-electron chi connectivity index (χ2n) is 5.85. The van der Waals surface area contributed by atoms with Crippen molar-refractivity contribution in [2.24, 2.45) is 0 Å². The van der Waals surface area contributed by atoms with Gasteiger partial charge in [-0.2, -0.15) is 5.26 Å². The number of carbonyl (C=O) groups excluding carboxylic acids is 1. The van der Waals surface area contributed by atoms with Crippen LogP contribution in [0.15, 0.2) is 35.7 Å². The number of nitrogens with one attached hydrogen (secondary N) is 1. The van der Waals surface area contributed by atoms with Crippen LogP contribution in [0.2, 0.25) is 0 Å². The lowest BCUT2D eigenvalue weighted by Crippen LogP contribution is -2.34. The van der Waals surface area contributed by atoms with E-state index in [1.165, 1.54) is 22.5 Å². The van der Waals surface area contributed by atoms with E-state index >= 15 is 0 Å². The standard InChI is InChI=1S/C18H19N3OS/c1-21(12-17(22)20-18-14(11-19)9-10-23-18)16-8-4-6-13-5-2-3-7-15(13)16/h2-3,5,7,9-10,16H,4,6,8,12H2,1H3,(H,20,22).